The lowest BCUT2D eigenvalue weighted by molar-refractivity contribution is -0.383. The molecule has 1 aromatic rings. The molecule has 10 heteroatoms. The van der Waals surface area contributed by atoms with E-state index in [4.69, 9.17) is 10.5 Å². The Labute approximate surface area is 126 Å². The molecule has 0 unspecified atom stereocenters. The molecule has 0 atom stereocenters. The highest BCUT2D eigenvalue weighted by molar-refractivity contribution is 7.91. The summed E-state index contributed by atoms with van der Waals surface area (Å²) in [7, 11) is -2.09. The van der Waals surface area contributed by atoms with Crippen molar-refractivity contribution >= 4 is 32.0 Å². The second kappa shape index (κ2) is 6.26. The highest BCUT2D eigenvalue weighted by Gasteiger charge is 2.32. The van der Waals surface area contributed by atoms with Crippen LogP contribution in [0.25, 0.3) is 0 Å². The monoisotopic (exact) mass is 335 g/mol. The summed E-state index contributed by atoms with van der Waals surface area (Å²) in [4.78, 5) is 10.1. The number of sulfonamides is 1. The fourth-order valence-corrected chi connectivity index (χ4v) is 5.16. The normalized spacial score (nSPS) is 18.0. The van der Waals surface area contributed by atoms with Gasteiger partial charge in [-0.05, 0) is 18.8 Å². The molecule has 1 saturated heterocycles. The van der Waals surface area contributed by atoms with Crippen molar-refractivity contribution < 1.29 is 18.1 Å². The third-order valence-corrected chi connectivity index (χ3v) is 6.79. The number of ether oxygens (including phenoxy) is 1. The van der Waals surface area contributed by atoms with E-state index >= 15 is 0 Å². The predicted molar refractivity (Wildman–Crippen MR) is 78.7 cm³/mol. The molecule has 1 aliphatic rings. The van der Waals surface area contributed by atoms with Gasteiger partial charge in [-0.15, -0.1) is 0 Å². The maximum Gasteiger partial charge on any atom is 0.304 e. The van der Waals surface area contributed by atoms with Crippen LogP contribution in [0.15, 0.2) is 10.3 Å². The summed E-state index contributed by atoms with van der Waals surface area (Å²) in [6.45, 7) is 1.40. The van der Waals surface area contributed by atoms with E-state index in [-0.39, 0.29) is 14.9 Å². The Kier molecular flexibility index (Phi) is 4.81. The van der Waals surface area contributed by atoms with E-state index < -0.39 is 14.9 Å². The van der Waals surface area contributed by atoms with Gasteiger partial charge in [0.2, 0.25) is 0 Å². The minimum absolute atomic E-state index is 0.0723. The molecule has 0 saturated carbocycles. The molecule has 21 heavy (non-hydrogen) atoms. The van der Waals surface area contributed by atoms with Crippen molar-refractivity contribution in [2.75, 3.05) is 32.5 Å². The number of rotatable bonds is 5. The van der Waals surface area contributed by atoms with Gasteiger partial charge in [-0.3, -0.25) is 10.1 Å². The Hall–Kier alpha value is -1.23. The van der Waals surface area contributed by atoms with E-state index in [0.717, 1.165) is 30.2 Å². The minimum atomic E-state index is -3.71. The van der Waals surface area contributed by atoms with Crippen molar-refractivity contribution in [1.29, 1.82) is 0 Å². The van der Waals surface area contributed by atoms with Gasteiger partial charge in [0.05, 0.1) is 4.92 Å². The number of nitrogen functional groups attached to an aromatic ring is 1. The summed E-state index contributed by atoms with van der Waals surface area (Å²) in [5, 5.41) is 10.7. The van der Waals surface area contributed by atoms with E-state index in [1.165, 1.54) is 4.31 Å². The van der Waals surface area contributed by atoms with Gasteiger partial charge in [-0.1, -0.05) is 11.3 Å². The van der Waals surface area contributed by atoms with Crippen molar-refractivity contribution in [3.05, 3.63) is 16.2 Å². The van der Waals surface area contributed by atoms with Crippen LogP contribution in [0.2, 0.25) is 0 Å². The van der Waals surface area contributed by atoms with E-state index in [1.54, 1.807) is 7.11 Å². The summed E-state index contributed by atoms with van der Waals surface area (Å²) in [5.41, 5.74) is 5.15. The number of nitrogens with zero attached hydrogens (tertiary/aromatic N) is 2. The zero-order valence-corrected chi connectivity index (χ0v) is 13.2. The smallest absolute Gasteiger partial charge is 0.304 e. The average molecular weight is 335 g/mol. The molecule has 0 amide bonds. The fourth-order valence-electron chi connectivity index (χ4n) is 2.32. The number of nitrogens with two attached hydrogens (primary N) is 1. The summed E-state index contributed by atoms with van der Waals surface area (Å²) >= 11 is 0.736. The van der Waals surface area contributed by atoms with Gasteiger partial charge in [-0.2, -0.15) is 4.31 Å². The van der Waals surface area contributed by atoms with Gasteiger partial charge < -0.3 is 10.5 Å². The standard InChI is InChI=1S/C11H17N3O5S2/c1-19-7-8-2-4-13(5-3-8)21(17,18)10-6-9(14(15)16)11(12)20-10/h6,8H,2-5,7,12H2,1H3. The lowest BCUT2D eigenvalue weighted by atomic mass is 9.99. The zero-order valence-electron chi connectivity index (χ0n) is 11.5. The number of hydrogen-bond donors (Lipinski definition) is 1. The Morgan fingerprint density at radius 3 is 2.62 bits per heavy atom. The predicted octanol–water partition coefficient (Wildman–Crippen LogP) is 1.29. The van der Waals surface area contributed by atoms with Crippen LogP contribution in [0.4, 0.5) is 10.7 Å². The summed E-state index contributed by atoms with van der Waals surface area (Å²) in [6, 6.07) is 1.04. The lowest BCUT2D eigenvalue weighted by Gasteiger charge is -2.30. The minimum Gasteiger partial charge on any atom is -0.385 e. The molecule has 2 N–H and O–H groups in total. The molecule has 0 radical (unpaired) electrons. The average Bonchev–Trinajstić information content (AvgIpc) is 2.83. The molecule has 1 fully saturated rings. The van der Waals surface area contributed by atoms with Gasteiger partial charge >= 0.3 is 5.69 Å². The Balaban J connectivity index is 2.16. The maximum absolute atomic E-state index is 12.5. The van der Waals surface area contributed by atoms with Crippen molar-refractivity contribution in [2.45, 2.75) is 17.1 Å². The second-order valence-electron chi connectivity index (χ2n) is 4.87. The van der Waals surface area contributed by atoms with E-state index in [0.29, 0.717) is 25.6 Å². The van der Waals surface area contributed by atoms with Crippen LogP contribution in [-0.2, 0) is 14.8 Å². The molecule has 0 bridgehead atoms. The molecule has 1 aromatic heterocycles. The van der Waals surface area contributed by atoms with Gasteiger partial charge in [-0.25, -0.2) is 8.42 Å². The topological polar surface area (TPSA) is 116 Å². The summed E-state index contributed by atoms with van der Waals surface area (Å²) < 4.78 is 31.3. The number of thiophene rings is 1. The van der Waals surface area contributed by atoms with Crippen LogP contribution in [0, 0.1) is 16.0 Å². The first-order valence-electron chi connectivity index (χ1n) is 6.39. The molecule has 1 aliphatic heterocycles. The van der Waals surface area contributed by atoms with Crippen LogP contribution in [0.1, 0.15) is 12.8 Å². The lowest BCUT2D eigenvalue weighted by Crippen LogP contribution is -2.39. The largest absolute Gasteiger partial charge is 0.385 e. The second-order valence-corrected chi connectivity index (χ2v) is 8.12. The summed E-state index contributed by atoms with van der Waals surface area (Å²) in [6.07, 6.45) is 1.44. The van der Waals surface area contributed by atoms with Crippen molar-refractivity contribution in [3.63, 3.8) is 0 Å². The molecular weight excluding hydrogens is 318 g/mol. The number of hydrogen-bond acceptors (Lipinski definition) is 7. The van der Waals surface area contributed by atoms with Crippen molar-refractivity contribution in [1.82, 2.24) is 4.31 Å². The first-order valence-corrected chi connectivity index (χ1v) is 8.64. The van der Waals surface area contributed by atoms with Crippen LogP contribution in [0.3, 0.4) is 0 Å². The third kappa shape index (κ3) is 3.34. The first kappa shape index (κ1) is 16.1. The van der Waals surface area contributed by atoms with E-state index in [1.807, 2.05) is 0 Å². The molecule has 0 aliphatic carbocycles. The number of piperidine rings is 1. The van der Waals surface area contributed by atoms with Crippen LogP contribution < -0.4 is 5.73 Å². The first-order chi connectivity index (χ1) is 9.86. The molecule has 2 heterocycles. The number of nitro groups is 1. The number of anilines is 1. The number of methoxy groups -OCH3 is 1. The van der Waals surface area contributed by atoms with Gasteiger partial charge in [0.25, 0.3) is 10.0 Å². The SMILES string of the molecule is COCC1CCN(S(=O)(=O)c2cc([N+](=O)[O-])c(N)s2)CC1. The van der Waals surface area contributed by atoms with Crippen LogP contribution in [-0.4, -0.2) is 44.5 Å². The molecule has 8 nitrogen and oxygen atoms in total. The fraction of sp³-hybridized carbons (Fsp3) is 0.636. The van der Waals surface area contributed by atoms with Crippen molar-refractivity contribution in [3.8, 4) is 0 Å². The zero-order chi connectivity index (χ0) is 15.6. The van der Waals surface area contributed by atoms with E-state index in [2.05, 4.69) is 0 Å². The molecular formula is C11H17N3O5S2. The maximum atomic E-state index is 12.5. The third-order valence-electron chi connectivity index (χ3n) is 3.48. The highest BCUT2D eigenvalue weighted by atomic mass is 32.2. The van der Waals surface area contributed by atoms with Crippen LogP contribution >= 0.6 is 11.3 Å². The quantitative estimate of drug-likeness (QED) is 0.640. The van der Waals surface area contributed by atoms with Gasteiger partial charge in [0, 0.05) is 32.9 Å². The van der Waals surface area contributed by atoms with Gasteiger partial charge in [0.15, 0.2) is 5.00 Å². The molecule has 118 valence electrons. The Morgan fingerprint density at radius 1 is 1.52 bits per heavy atom. The highest BCUT2D eigenvalue weighted by Crippen LogP contribution is 2.36. The van der Waals surface area contributed by atoms with Gasteiger partial charge in [0.1, 0.15) is 4.21 Å². The van der Waals surface area contributed by atoms with Crippen molar-refractivity contribution in [2.24, 2.45) is 5.92 Å². The molecule has 0 spiro atoms. The van der Waals surface area contributed by atoms with Crippen LogP contribution in [0.5, 0.6) is 0 Å². The van der Waals surface area contributed by atoms with E-state index in [9.17, 15) is 18.5 Å². The summed E-state index contributed by atoms with van der Waals surface area (Å²) in [5.74, 6) is 0.351. The Bertz CT molecular complexity index is 620. The molecule has 0 aromatic carbocycles. The molecule has 2 rings (SSSR count). The Morgan fingerprint density at radius 2 is 2.14 bits per heavy atom.